The summed E-state index contributed by atoms with van der Waals surface area (Å²) in [6, 6.07) is 3.27. The van der Waals surface area contributed by atoms with Crippen molar-refractivity contribution in [1.29, 1.82) is 0 Å². The number of halogens is 1. The molecule has 0 radical (unpaired) electrons. The maximum absolute atomic E-state index is 11.3. The molecule has 0 aromatic carbocycles. The van der Waals surface area contributed by atoms with E-state index >= 15 is 0 Å². The van der Waals surface area contributed by atoms with Crippen LogP contribution >= 0.6 is 22.9 Å². The highest BCUT2D eigenvalue weighted by Gasteiger charge is 2.18. The number of thiophene rings is 1. The largest absolute Gasteiger partial charge is 0.478 e. The molecule has 0 unspecified atom stereocenters. The van der Waals surface area contributed by atoms with Crippen LogP contribution in [0.25, 0.3) is 10.6 Å². The number of hydrogen-bond donors (Lipinski definition) is 2. The standard InChI is InChI=1S/C10H7ClN2O3S/c1-4-7(9(14)15)8(13-10(16)12-4)5-2-3-6(11)17-5/h2-3H,1H3,(H,14,15)(H,12,13,16). The van der Waals surface area contributed by atoms with Crippen LogP contribution in [0.2, 0.25) is 4.34 Å². The van der Waals surface area contributed by atoms with Crippen molar-refractivity contribution in [3.63, 3.8) is 0 Å². The van der Waals surface area contributed by atoms with Gasteiger partial charge in [-0.2, -0.15) is 4.98 Å². The number of H-pyrrole nitrogens is 1. The van der Waals surface area contributed by atoms with E-state index < -0.39 is 11.7 Å². The van der Waals surface area contributed by atoms with Crippen molar-refractivity contribution < 1.29 is 9.90 Å². The van der Waals surface area contributed by atoms with Crippen molar-refractivity contribution in [2.75, 3.05) is 0 Å². The number of aromatic nitrogens is 2. The Bertz CT molecular complexity index is 647. The van der Waals surface area contributed by atoms with E-state index in [0.29, 0.717) is 9.21 Å². The third-order valence-electron chi connectivity index (χ3n) is 2.14. The lowest BCUT2D eigenvalue weighted by molar-refractivity contribution is 0.0696. The first kappa shape index (κ1) is 11.8. The molecule has 2 N–H and O–H groups in total. The molecular weight excluding hydrogens is 264 g/mol. The Morgan fingerprint density at radius 3 is 2.76 bits per heavy atom. The average molecular weight is 271 g/mol. The van der Waals surface area contributed by atoms with Crippen molar-refractivity contribution in [3.05, 3.63) is 38.2 Å². The van der Waals surface area contributed by atoms with E-state index in [2.05, 4.69) is 9.97 Å². The number of aromatic amines is 1. The minimum Gasteiger partial charge on any atom is -0.478 e. The Labute approximate surface area is 105 Å². The summed E-state index contributed by atoms with van der Waals surface area (Å²) in [5.74, 6) is -1.13. The number of carboxylic acid groups (broad SMARTS) is 1. The molecule has 88 valence electrons. The smallest absolute Gasteiger partial charge is 0.345 e. The van der Waals surface area contributed by atoms with Crippen molar-refractivity contribution in [2.24, 2.45) is 0 Å². The maximum Gasteiger partial charge on any atom is 0.345 e. The van der Waals surface area contributed by atoms with Crippen LogP contribution in [0.3, 0.4) is 0 Å². The molecule has 0 aliphatic rings. The number of rotatable bonds is 2. The molecule has 5 nitrogen and oxygen atoms in total. The second kappa shape index (κ2) is 4.31. The minimum atomic E-state index is -1.13. The van der Waals surface area contributed by atoms with Gasteiger partial charge in [0, 0.05) is 5.69 Å². The third kappa shape index (κ3) is 2.22. The summed E-state index contributed by atoms with van der Waals surface area (Å²) in [7, 11) is 0. The minimum absolute atomic E-state index is 0.0110. The van der Waals surface area contributed by atoms with E-state index in [1.54, 1.807) is 12.1 Å². The zero-order valence-corrected chi connectivity index (χ0v) is 10.2. The van der Waals surface area contributed by atoms with Crippen LogP contribution in [0, 0.1) is 6.92 Å². The van der Waals surface area contributed by atoms with Crippen molar-refractivity contribution >= 4 is 28.9 Å². The maximum atomic E-state index is 11.3. The summed E-state index contributed by atoms with van der Waals surface area (Å²) in [4.78, 5) is 29.0. The number of carbonyl (C=O) groups is 1. The van der Waals surface area contributed by atoms with Crippen LogP contribution in [0.15, 0.2) is 16.9 Å². The fourth-order valence-corrected chi connectivity index (χ4v) is 2.51. The zero-order chi connectivity index (χ0) is 12.6. The first-order valence-electron chi connectivity index (χ1n) is 4.59. The topological polar surface area (TPSA) is 83.0 Å². The van der Waals surface area contributed by atoms with E-state index in [1.165, 1.54) is 18.3 Å². The Morgan fingerprint density at radius 1 is 1.53 bits per heavy atom. The molecule has 0 saturated heterocycles. The van der Waals surface area contributed by atoms with Gasteiger partial charge < -0.3 is 10.1 Å². The second-order valence-corrected chi connectivity index (χ2v) is 5.01. The number of aryl methyl sites for hydroxylation is 1. The molecule has 2 heterocycles. The summed E-state index contributed by atoms with van der Waals surface area (Å²) >= 11 is 6.96. The number of nitrogens with zero attached hydrogens (tertiary/aromatic N) is 1. The van der Waals surface area contributed by atoms with Crippen molar-refractivity contribution in [2.45, 2.75) is 6.92 Å². The Hall–Kier alpha value is -1.66. The van der Waals surface area contributed by atoms with E-state index in [0.717, 1.165) is 0 Å². The highest BCUT2D eigenvalue weighted by atomic mass is 35.5. The van der Waals surface area contributed by atoms with Crippen LogP contribution in [-0.4, -0.2) is 21.0 Å². The Balaban J connectivity index is 2.75. The van der Waals surface area contributed by atoms with E-state index in [1.807, 2.05) is 0 Å². The number of nitrogens with one attached hydrogen (secondary N) is 1. The molecule has 7 heteroatoms. The molecule has 0 bridgehead atoms. The van der Waals surface area contributed by atoms with Crippen molar-refractivity contribution in [3.8, 4) is 10.6 Å². The highest BCUT2D eigenvalue weighted by molar-refractivity contribution is 7.19. The lowest BCUT2D eigenvalue weighted by Gasteiger charge is -2.04. The van der Waals surface area contributed by atoms with Gasteiger partial charge in [0.15, 0.2) is 0 Å². The first-order valence-corrected chi connectivity index (χ1v) is 5.78. The van der Waals surface area contributed by atoms with Gasteiger partial charge in [0.2, 0.25) is 0 Å². The van der Waals surface area contributed by atoms with Crippen LogP contribution in [-0.2, 0) is 0 Å². The predicted octanol–water partition coefficient (Wildman–Crippen LogP) is 2.16. The molecule has 2 aromatic rings. The highest BCUT2D eigenvalue weighted by Crippen LogP contribution is 2.31. The van der Waals surface area contributed by atoms with Gasteiger partial charge in [-0.3, -0.25) is 0 Å². The van der Waals surface area contributed by atoms with E-state index in [4.69, 9.17) is 16.7 Å². The summed E-state index contributed by atoms with van der Waals surface area (Å²) in [5, 5.41) is 9.12. The molecule has 0 atom stereocenters. The fourth-order valence-electron chi connectivity index (χ4n) is 1.47. The summed E-state index contributed by atoms with van der Waals surface area (Å²) in [6.07, 6.45) is 0. The predicted molar refractivity (Wildman–Crippen MR) is 64.9 cm³/mol. The molecule has 0 amide bonds. The molecule has 0 saturated carbocycles. The molecule has 2 rings (SSSR count). The fraction of sp³-hybridized carbons (Fsp3) is 0.100. The van der Waals surface area contributed by atoms with Crippen LogP contribution in [0.4, 0.5) is 0 Å². The summed E-state index contributed by atoms with van der Waals surface area (Å²) < 4.78 is 0.510. The van der Waals surface area contributed by atoms with Crippen LogP contribution in [0.5, 0.6) is 0 Å². The Kier molecular flexibility index (Phi) is 2.99. The number of carboxylic acids is 1. The third-order valence-corrected chi connectivity index (χ3v) is 3.38. The average Bonchev–Trinajstić information content (AvgIpc) is 2.62. The number of aromatic carboxylic acids is 1. The van der Waals surface area contributed by atoms with Crippen LogP contribution < -0.4 is 5.69 Å². The normalized spacial score (nSPS) is 10.5. The summed E-state index contributed by atoms with van der Waals surface area (Å²) in [5.41, 5.74) is -0.164. The molecule has 0 fully saturated rings. The lowest BCUT2D eigenvalue weighted by atomic mass is 10.1. The van der Waals surface area contributed by atoms with Gasteiger partial charge in [0.25, 0.3) is 0 Å². The monoisotopic (exact) mass is 270 g/mol. The number of hydrogen-bond acceptors (Lipinski definition) is 4. The van der Waals surface area contributed by atoms with Gasteiger partial charge in [0.05, 0.1) is 9.21 Å². The molecule has 0 spiro atoms. The first-order chi connectivity index (χ1) is 7.99. The molecule has 17 heavy (non-hydrogen) atoms. The molecule has 2 aromatic heterocycles. The van der Waals surface area contributed by atoms with E-state index in [-0.39, 0.29) is 17.0 Å². The zero-order valence-electron chi connectivity index (χ0n) is 8.65. The molecular formula is C10H7ClN2O3S. The molecule has 0 aliphatic carbocycles. The van der Waals surface area contributed by atoms with Gasteiger partial charge in [-0.05, 0) is 19.1 Å². The van der Waals surface area contributed by atoms with Crippen molar-refractivity contribution in [1.82, 2.24) is 9.97 Å². The second-order valence-electron chi connectivity index (χ2n) is 3.30. The quantitative estimate of drug-likeness (QED) is 0.876. The van der Waals surface area contributed by atoms with Gasteiger partial charge >= 0.3 is 11.7 Å². The van der Waals surface area contributed by atoms with Gasteiger partial charge in [-0.25, -0.2) is 9.59 Å². The summed E-state index contributed by atoms with van der Waals surface area (Å²) in [6.45, 7) is 1.52. The van der Waals surface area contributed by atoms with E-state index in [9.17, 15) is 9.59 Å². The van der Waals surface area contributed by atoms with Crippen LogP contribution in [0.1, 0.15) is 16.1 Å². The van der Waals surface area contributed by atoms with Gasteiger partial charge in [-0.1, -0.05) is 11.6 Å². The lowest BCUT2D eigenvalue weighted by Crippen LogP contribution is -2.18. The Morgan fingerprint density at radius 2 is 2.24 bits per heavy atom. The van der Waals surface area contributed by atoms with Gasteiger partial charge in [-0.15, -0.1) is 11.3 Å². The SMILES string of the molecule is Cc1[nH]c(=O)nc(-c2ccc(Cl)s2)c1C(=O)O. The molecule has 0 aliphatic heterocycles. The van der Waals surface area contributed by atoms with Gasteiger partial charge in [0.1, 0.15) is 11.3 Å².